The van der Waals surface area contributed by atoms with Crippen LogP contribution >= 0.6 is 11.3 Å². The van der Waals surface area contributed by atoms with E-state index in [1.165, 1.54) is 34.1 Å². The maximum absolute atomic E-state index is 13.5. The smallest absolute Gasteiger partial charge is 0.271 e. The van der Waals surface area contributed by atoms with E-state index in [0.29, 0.717) is 17.1 Å². The first kappa shape index (κ1) is 16.0. The first-order chi connectivity index (χ1) is 12.0. The van der Waals surface area contributed by atoms with Crippen LogP contribution in [0.4, 0.5) is 10.1 Å². The van der Waals surface area contributed by atoms with E-state index in [4.69, 9.17) is 0 Å². The highest BCUT2D eigenvalue weighted by molar-refractivity contribution is 7.15. The van der Waals surface area contributed by atoms with Crippen molar-refractivity contribution in [1.82, 2.24) is 9.38 Å². The number of nitrogens with zero attached hydrogens (tertiary/aromatic N) is 3. The summed E-state index contributed by atoms with van der Waals surface area (Å²) in [7, 11) is 0. The van der Waals surface area contributed by atoms with Gasteiger partial charge in [0.25, 0.3) is 11.5 Å². The zero-order chi connectivity index (χ0) is 17.7. The van der Waals surface area contributed by atoms with Gasteiger partial charge in [-0.1, -0.05) is 0 Å². The third-order valence-electron chi connectivity index (χ3n) is 4.64. The molecule has 0 N–H and O–H groups in total. The Hall–Kier alpha value is -2.54. The molecule has 0 bridgehead atoms. The predicted octanol–water partition coefficient (Wildman–Crippen LogP) is 3.19. The molecule has 0 radical (unpaired) electrons. The second kappa shape index (κ2) is 5.77. The van der Waals surface area contributed by atoms with Gasteiger partial charge in [0.2, 0.25) is 0 Å². The lowest BCUT2D eigenvalue weighted by Gasteiger charge is -2.35. The number of hydrogen-bond acceptors (Lipinski definition) is 4. The van der Waals surface area contributed by atoms with Crippen molar-refractivity contribution in [3.05, 3.63) is 62.8 Å². The Morgan fingerprint density at radius 3 is 3.00 bits per heavy atom. The van der Waals surface area contributed by atoms with Crippen LogP contribution in [-0.2, 0) is 6.42 Å². The monoisotopic (exact) mass is 357 g/mol. The van der Waals surface area contributed by atoms with Crippen LogP contribution in [0.5, 0.6) is 0 Å². The molecule has 1 aromatic carbocycles. The molecule has 0 aliphatic carbocycles. The Balaban J connectivity index is 1.85. The van der Waals surface area contributed by atoms with Gasteiger partial charge in [-0.25, -0.2) is 9.37 Å². The summed E-state index contributed by atoms with van der Waals surface area (Å²) in [4.78, 5) is 32.3. The third-order valence-corrected chi connectivity index (χ3v) is 5.60. The second-order valence-corrected chi connectivity index (χ2v) is 7.14. The molecular formula is C18H16FN3O2S. The number of aryl methyl sites for hydroxylation is 2. The van der Waals surface area contributed by atoms with Crippen molar-refractivity contribution in [2.24, 2.45) is 0 Å². The first-order valence-corrected chi connectivity index (χ1v) is 8.93. The molecule has 3 aromatic rings. The van der Waals surface area contributed by atoms with Crippen LogP contribution in [0.3, 0.4) is 0 Å². The minimum absolute atomic E-state index is 0.0306. The molecule has 7 heteroatoms. The van der Waals surface area contributed by atoms with Crippen molar-refractivity contribution >= 4 is 27.9 Å². The number of thiazole rings is 1. The molecule has 1 atom stereocenters. The van der Waals surface area contributed by atoms with Gasteiger partial charge in [0.1, 0.15) is 11.4 Å². The summed E-state index contributed by atoms with van der Waals surface area (Å²) in [6.07, 6.45) is 2.77. The first-order valence-electron chi connectivity index (χ1n) is 8.05. The molecule has 2 aromatic heterocycles. The normalized spacial score (nSPS) is 16.9. The Kier molecular flexibility index (Phi) is 3.68. The van der Waals surface area contributed by atoms with Crippen molar-refractivity contribution in [3.8, 4) is 0 Å². The quantitative estimate of drug-likeness (QED) is 0.672. The number of anilines is 1. The lowest BCUT2D eigenvalue weighted by Crippen LogP contribution is -2.44. The van der Waals surface area contributed by atoms with E-state index in [9.17, 15) is 14.0 Å². The van der Waals surface area contributed by atoms with Crippen molar-refractivity contribution in [3.63, 3.8) is 0 Å². The summed E-state index contributed by atoms with van der Waals surface area (Å²) in [5.41, 5.74) is 1.86. The molecule has 1 amide bonds. The number of carbonyl (C=O) groups excluding carboxylic acids is 1. The Morgan fingerprint density at radius 1 is 1.40 bits per heavy atom. The number of amides is 1. The van der Waals surface area contributed by atoms with Crippen LogP contribution in [0.1, 0.15) is 35.0 Å². The number of halogens is 1. The number of fused-ring (bicyclic) bond motifs is 2. The van der Waals surface area contributed by atoms with Gasteiger partial charge < -0.3 is 4.90 Å². The third kappa shape index (κ3) is 2.46. The van der Waals surface area contributed by atoms with Crippen molar-refractivity contribution in [2.75, 3.05) is 4.90 Å². The molecule has 0 spiro atoms. The Bertz CT molecular complexity index is 1060. The van der Waals surface area contributed by atoms with Gasteiger partial charge in [0.05, 0.1) is 0 Å². The predicted molar refractivity (Wildman–Crippen MR) is 95.1 cm³/mol. The number of aromatic nitrogens is 2. The molecular weight excluding hydrogens is 341 g/mol. The molecule has 128 valence electrons. The minimum Gasteiger partial charge on any atom is -0.305 e. The van der Waals surface area contributed by atoms with Crippen molar-refractivity contribution < 1.29 is 9.18 Å². The number of hydrogen-bond donors (Lipinski definition) is 0. The van der Waals surface area contributed by atoms with E-state index in [-0.39, 0.29) is 23.0 Å². The molecule has 0 fully saturated rings. The largest absolute Gasteiger partial charge is 0.305 e. The summed E-state index contributed by atoms with van der Waals surface area (Å²) < 4.78 is 15.0. The van der Waals surface area contributed by atoms with Crippen molar-refractivity contribution in [2.45, 2.75) is 32.7 Å². The second-order valence-electron chi connectivity index (χ2n) is 6.31. The number of carbonyl (C=O) groups is 1. The highest BCUT2D eigenvalue weighted by atomic mass is 32.1. The van der Waals surface area contributed by atoms with Crippen LogP contribution in [0.2, 0.25) is 0 Å². The van der Waals surface area contributed by atoms with Crippen LogP contribution in [-0.4, -0.2) is 21.3 Å². The highest BCUT2D eigenvalue weighted by Gasteiger charge is 2.31. The Labute approximate surface area is 147 Å². The lowest BCUT2D eigenvalue weighted by molar-refractivity contribution is 0.0973. The minimum atomic E-state index is -0.391. The highest BCUT2D eigenvalue weighted by Crippen LogP contribution is 2.32. The average Bonchev–Trinajstić information content (AvgIpc) is 2.97. The van der Waals surface area contributed by atoms with E-state index in [1.807, 2.05) is 19.2 Å². The zero-order valence-electron chi connectivity index (χ0n) is 13.8. The molecule has 1 aliphatic rings. The summed E-state index contributed by atoms with van der Waals surface area (Å²) in [5.74, 6) is -0.713. The zero-order valence-corrected chi connectivity index (χ0v) is 14.6. The molecule has 4 rings (SSSR count). The summed E-state index contributed by atoms with van der Waals surface area (Å²) >= 11 is 1.36. The van der Waals surface area contributed by atoms with E-state index >= 15 is 0 Å². The topological polar surface area (TPSA) is 54.7 Å². The van der Waals surface area contributed by atoms with Gasteiger partial charge in [0, 0.05) is 29.0 Å². The fourth-order valence-electron chi connectivity index (χ4n) is 3.33. The fraction of sp³-hybridized carbons (Fsp3) is 0.278. The van der Waals surface area contributed by atoms with Crippen LogP contribution in [0, 0.1) is 12.7 Å². The van der Waals surface area contributed by atoms with Gasteiger partial charge >= 0.3 is 0 Å². The standard InChI is InChI=1S/C18H16FN3O2S/c1-10-3-4-12-7-13(19)5-6-15(12)21(10)16(23)14-8-20-18-22(17(14)24)11(2)9-25-18/h5-10H,3-4H2,1-2H3. The van der Waals surface area contributed by atoms with E-state index in [1.54, 1.807) is 11.0 Å². The van der Waals surface area contributed by atoms with Crippen molar-refractivity contribution in [1.29, 1.82) is 0 Å². The maximum atomic E-state index is 13.5. The fourth-order valence-corrected chi connectivity index (χ4v) is 4.16. The Morgan fingerprint density at radius 2 is 2.20 bits per heavy atom. The molecule has 1 unspecified atom stereocenters. The molecule has 25 heavy (non-hydrogen) atoms. The van der Waals surface area contributed by atoms with E-state index in [0.717, 1.165) is 17.7 Å². The van der Waals surface area contributed by atoms with Gasteiger partial charge in [-0.3, -0.25) is 14.0 Å². The van der Waals surface area contributed by atoms with E-state index < -0.39 is 5.91 Å². The molecule has 3 heterocycles. The summed E-state index contributed by atoms with van der Waals surface area (Å²) in [6.45, 7) is 3.74. The van der Waals surface area contributed by atoms with Gasteiger partial charge in [-0.15, -0.1) is 11.3 Å². The van der Waals surface area contributed by atoms with Gasteiger partial charge in [-0.2, -0.15) is 0 Å². The maximum Gasteiger partial charge on any atom is 0.271 e. The SMILES string of the molecule is Cc1csc2ncc(C(=O)N3c4ccc(F)cc4CCC3C)c(=O)n12. The average molecular weight is 357 g/mol. The summed E-state index contributed by atoms with van der Waals surface area (Å²) in [6, 6.07) is 4.33. The van der Waals surface area contributed by atoms with Crippen LogP contribution in [0.15, 0.2) is 34.6 Å². The summed E-state index contributed by atoms with van der Waals surface area (Å²) in [5, 5.41) is 1.83. The van der Waals surface area contributed by atoms with Gasteiger partial charge in [0.15, 0.2) is 4.96 Å². The lowest BCUT2D eigenvalue weighted by atomic mass is 9.96. The molecule has 0 saturated heterocycles. The molecule has 1 aliphatic heterocycles. The molecule has 5 nitrogen and oxygen atoms in total. The van der Waals surface area contributed by atoms with E-state index in [2.05, 4.69) is 4.98 Å². The van der Waals surface area contributed by atoms with Gasteiger partial charge in [-0.05, 0) is 50.5 Å². The van der Waals surface area contributed by atoms with Crippen LogP contribution in [0.25, 0.3) is 4.96 Å². The molecule has 0 saturated carbocycles. The number of rotatable bonds is 1. The number of benzene rings is 1. The van der Waals surface area contributed by atoms with Crippen LogP contribution < -0.4 is 10.5 Å².